The topological polar surface area (TPSA) is 142 Å². The van der Waals surface area contributed by atoms with Crippen molar-refractivity contribution >= 4 is 34.9 Å². The molecule has 0 bridgehead atoms. The summed E-state index contributed by atoms with van der Waals surface area (Å²) in [7, 11) is 2.17. The van der Waals surface area contributed by atoms with E-state index in [9.17, 15) is 29.3 Å². The highest BCUT2D eigenvalue weighted by Gasteiger charge is 2.46. The summed E-state index contributed by atoms with van der Waals surface area (Å²) in [6, 6.07) is 5.92. The number of carbonyl (C=O) groups is 4. The second-order valence-corrected chi connectivity index (χ2v) is 8.31. The number of ether oxygens (including phenoxy) is 3. The van der Waals surface area contributed by atoms with Gasteiger partial charge in [-0.25, -0.2) is 9.69 Å². The van der Waals surface area contributed by atoms with Crippen LogP contribution in [0, 0.1) is 10.1 Å². The molecule has 0 saturated heterocycles. The molecule has 34 heavy (non-hydrogen) atoms. The summed E-state index contributed by atoms with van der Waals surface area (Å²) in [6.45, 7) is 5.62. The van der Waals surface area contributed by atoms with E-state index in [2.05, 4.69) is 0 Å². The highest BCUT2D eigenvalue weighted by atomic mass is 16.6. The highest BCUT2D eigenvalue weighted by Crippen LogP contribution is 2.52. The van der Waals surface area contributed by atoms with E-state index in [1.807, 2.05) is 0 Å². The van der Waals surface area contributed by atoms with E-state index >= 15 is 0 Å². The van der Waals surface area contributed by atoms with E-state index in [0.29, 0.717) is 4.90 Å². The predicted octanol–water partition coefficient (Wildman–Crippen LogP) is 3.68. The second-order valence-electron chi connectivity index (χ2n) is 8.31. The Balaban J connectivity index is 2.50. The molecule has 0 heterocycles. The number of nitro groups is 1. The monoisotopic (exact) mass is 470 g/mol. The molecule has 0 saturated carbocycles. The third kappa shape index (κ3) is 3.85. The van der Waals surface area contributed by atoms with Crippen molar-refractivity contribution in [3.63, 3.8) is 0 Å². The van der Waals surface area contributed by atoms with Crippen molar-refractivity contribution in [3.8, 4) is 11.5 Å². The molecule has 2 aromatic carbocycles. The number of rotatable bonds is 4. The van der Waals surface area contributed by atoms with Crippen LogP contribution in [-0.2, 0) is 9.53 Å². The number of ketones is 2. The highest BCUT2D eigenvalue weighted by molar-refractivity contribution is 6.32. The maximum Gasteiger partial charge on any atom is 0.422 e. The number of carbonyl (C=O) groups excluding carboxylic acids is 4. The first-order chi connectivity index (χ1) is 15.9. The van der Waals surface area contributed by atoms with Crippen molar-refractivity contribution in [3.05, 3.63) is 56.6 Å². The lowest BCUT2D eigenvalue weighted by Crippen LogP contribution is -2.41. The van der Waals surface area contributed by atoms with Crippen LogP contribution in [-0.4, -0.2) is 48.3 Å². The number of imide groups is 1. The van der Waals surface area contributed by atoms with Crippen molar-refractivity contribution in [1.29, 1.82) is 0 Å². The zero-order chi connectivity index (χ0) is 25.5. The summed E-state index contributed by atoms with van der Waals surface area (Å²) in [5.74, 6) is -3.44. The molecule has 1 aliphatic carbocycles. The van der Waals surface area contributed by atoms with Crippen LogP contribution in [0.1, 0.15) is 59.5 Å². The summed E-state index contributed by atoms with van der Waals surface area (Å²) in [5, 5.41) is 12.2. The van der Waals surface area contributed by atoms with Gasteiger partial charge in [0.2, 0.25) is 11.7 Å². The van der Waals surface area contributed by atoms with Crippen molar-refractivity contribution < 1.29 is 38.3 Å². The lowest BCUT2D eigenvalue weighted by Gasteiger charge is -2.29. The Labute approximate surface area is 194 Å². The minimum Gasteiger partial charge on any atom is -0.493 e. The van der Waals surface area contributed by atoms with Gasteiger partial charge in [-0.3, -0.25) is 24.5 Å². The summed E-state index contributed by atoms with van der Waals surface area (Å²) in [5.41, 5.74) is -3.34. The van der Waals surface area contributed by atoms with E-state index in [1.54, 1.807) is 32.9 Å². The zero-order valence-corrected chi connectivity index (χ0v) is 19.4. The molecule has 0 spiro atoms. The Bertz CT molecular complexity index is 1260. The minimum atomic E-state index is -1.24. The lowest BCUT2D eigenvalue weighted by atomic mass is 9.82. The molecular formula is C23H22N2O9. The van der Waals surface area contributed by atoms with Gasteiger partial charge in [0.05, 0.1) is 30.3 Å². The van der Waals surface area contributed by atoms with Crippen molar-refractivity contribution in [2.45, 2.75) is 33.3 Å². The number of methoxy groups -OCH3 is 2. The molecule has 11 nitrogen and oxygen atoms in total. The third-order valence-corrected chi connectivity index (χ3v) is 4.93. The quantitative estimate of drug-likeness (QED) is 0.412. The fourth-order valence-corrected chi connectivity index (χ4v) is 3.72. The van der Waals surface area contributed by atoms with Gasteiger partial charge >= 0.3 is 11.8 Å². The number of fused-ring (bicyclic) bond motifs is 2. The second kappa shape index (κ2) is 8.58. The Morgan fingerprint density at radius 2 is 1.41 bits per heavy atom. The zero-order valence-electron chi connectivity index (χ0n) is 19.4. The molecule has 11 heteroatoms. The standard InChI is InChI=1S/C23H22N2O9/c1-11(26)24(22(29)34-23(2,3)4)16-17(25(30)31)21(33-6)15-14(20(16)32-5)18(27)12-9-7-8-10-13(12)19(15)28/h7-10H,1-6H3. The molecule has 1 aliphatic rings. The van der Waals surface area contributed by atoms with Crippen LogP contribution in [0.2, 0.25) is 0 Å². The Morgan fingerprint density at radius 1 is 0.941 bits per heavy atom. The molecule has 0 unspecified atom stereocenters. The van der Waals surface area contributed by atoms with Gasteiger partial charge in [0.1, 0.15) is 5.60 Å². The molecule has 2 aromatic rings. The van der Waals surface area contributed by atoms with Gasteiger partial charge < -0.3 is 14.2 Å². The fourth-order valence-electron chi connectivity index (χ4n) is 3.72. The van der Waals surface area contributed by atoms with Gasteiger partial charge in [0.25, 0.3) is 0 Å². The maximum absolute atomic E-state index is 13.4. The van der Waals surface area contributed by atoms with Gasteiger partial charge in [-0.05, 0) is 20.8 Å². The van der Waals surface area contributed by atoms with E-state index < -0.39 is 62.5 Å². The SMILES string of the molecule is COc1c2c(c(OC)c([N+](=O)[O-])c1N(C(C)=O)C(=O)OC(C)(C)C)C(=O)c1ccccc1C2=O. The Morgan fingerprint density at radius 3 is 1.79 bits per heavy atom. The normalized spacial score (nSPS) is 12.4. The molecule has 0 aromatic heterocycles. The van der Waals surface area contributed by atoms with E-state index in [0.717, 1.165) is 21.1 Å². The minimum absolute atomic E-state index is 0.0259. The van der Waals surface area contributed by atoms with Crippen molar-refractivity contribution in [2.75, 3.05) is 19.1 Å². The number of hydrogen-bond acceptors (Lipinski definition) is 9. The van der Waals surface area contributed by atoms with E-state index in [1.165, 1.54) is 12.1 Å². The van der Waals surface area contributed by atoms with E-state index in [4.69, 9.17) is 14.2 Å². The molecule has 0 N–H and O–H groups in total. The molecule has 0 aliphatic heterocycles. The number of hydrogen-bond donors (Lipinski definition) is 0. The van der Waals surface area contributed by atoms with Crippen LogP contribution in [0.4, 0.5) is 16.2 Å². The fraction of sp³-hybridized carbons (Fsp3) is 0.304. The molecular weight excluding hydrogens is 448 g/mol. The van der Waals surface area contributed by atoms with Crippen LogP contribution >= 0.6 is 0 Å². The van der Waals surface area contributed by atoms with Crippen molar-refractivity contribution in [1.82, 2.24) is 0 Å². The smallest absolute Gasteiger partial charge is 0.422 e. The molecule has 2 amide bonds. The van der Waals surface area contributed by atoms with Crippen LogP contribution in [0.15, 0.2) is 24.3 Å². The lowest BCUT2D eigenvalue weighted by molar-refractivity contribution is -0.385. The Kier molecular flexibility index (Phi) is 6.15. The van der Waals surface area contributed by atoms with E-state index in [-0.39, 0.29) is 16.7 Å². The van der Waals surface area contributed by atoms with Crippen LogP contribution < -0.4 is 14.4 Å². The largest absolute Gasteiger partial charge is 0.493 e. The number of anilines is 1. The first kappa shape index (κ1) is 24.4. The first-order valence-electron chi connectivity index (χ1n) is 10.0. The van der Waals surface area contributed by atoms with Gasteiger partial charge in [-0.15, -0.1) is 0 Å². The maximum atomic E-state index is 13.4. The molecule has 0 fully saturated rings. The van der Waals surface area contributed by atoms with Gasteiger partial charge in [0, 0.05) is 18.1 Å². The predicted molar refractivity (Wildman–Crippen MR) is 119 cm³/mol. The van der Waals surface area contributed by atoms with Crippen molar-refractivity contribution in [2.24, 2.45) is 0 Å². The summed E-state index contributed by atoms with van der Waals surface area (Å²) < 4.78 is 15.8. The average Bonchev–Trinajstić information content (AvgIpc) is 2.74. The summed E-state index contributed by atoms with van der Waals surface area (Å²) in [6.07, 6.45) is -1.24. The number of nitro benzene ring substituents is 1. The van der Waals surface area contributed by atoms with Gasteiger partial charge in [-0.2, -0.15) is 0 Å². The third-order valence-electron chi connectivity index (χ3n) is 4.93. The number of amides is 2. The number of nitrogens with zero attached hydrogens (tertiary/aromatic N) is 2. The molecule has 3 rings (SSSR count). The van der Waals surface area contributed by atoms with Gasteiger partial charge in [-0.1, -0.05) is 24.3 Å². The molecule has 0 radical (unpaired) electrons. The van der Waals surface area contributed by atoms with Crippen LogP contribution in [0.5, 0.6) is 11.5 Å². The average molecular weight is 470 g/mol. The first-order valence-corrected chi connectivity index (χ1v) is 10.0. The van der Waals surface area contributed by atoms with Gasteiger partial charge in [0.15, 0.2) is 23.0 Å². The molecule has 0 atom stereocenters. The Hall–Kier alpha value is -4.28. The van der Waals surface area contributed by atoms with Crippen LogP contribution in [0.25, 0.3) is 0 Å². The molecule has 178 valence electrons. The summed E-state index contributed by atoms with van der Waals surface area (Å²) in [4.78, 5) is 64.0. The number of benzene rings is 2. The van der Waals surface area contributed by atoms with Crippen LogP contribution in [0.3, 0.4) is 0 Å². The summed E-state index contributed by atoms with van der Waals surface area (Å²) >= 11 is 0.